The Morgan fingerprint density at radius 3 is 2.40 bits per heavy atom. The predicted octanol–water partition coefficient (Wildman–Crippen LogP) is 2.11. The lowest BCUT2D eigenvalue weighted by molar-refractivity contribution is -0.403. The molecule has 0 aromatic heterocycles. The Labute approximate surface area is 59.9 Å². The second-order valence-corrected chi connectivity index (χ2v) is 2.63. The van der Waals surface area contributed by atoms with Crippen LogP contribution in [0.15, 0.2) is 11.8 Å². The molecule has 1 rings (SSSR count). The highest BCUT2D eigenvalue weighted by Crippen LogP contribution is 2.22. The van der Waals surface area contributed by atoms with Gasteiger partial charge in [-0.3, -0.25) is 10.1 Å². The van der Waals surface area contributed by atoms with Crippen molar-refractivity contribution < 1.29 is 4.92 Å². The molecule has 1 saturated carbocycles. The van der Waals surface area contributed by atoms with Gasteiger partial charge in [0.1, 0.15) is 0 Å². The van der Waals surface area contributed by atoms with E-state index in [0.717, 1.165) is 31.3 Å². The quantitative estimate of drug-likeness (QED) is 0.414. The van der Waals surface area contributed by atoms with Crippen LogP contribution in [0.3, 0.4) is 0 Å². The Morgan fingerprint density at radius 1 is 1.30 bits per heavy atom. The average Bonchev–Trinajstić information content (AvgIpc) is 1.88. The molecule has 10 heavy (non-hydrogen) atoms. The number of hydrogen-bond acceptors (Lipinski definition) is 2. The standard InChI is InChI=1S/C7H11NO2/c9-8(10)6-7-4-2-1-3-5-7/h6H,1-5H2. The van der Waals surface area contributed by atoms with Crippen molar-refractivity contribution in [2.45, 2.75) is 32.1 Å². The lowest BCUT2D eigenvalue weighted by atomic mass is 9.96. The Balaban J connectivity index is 2.45. The SMILES string of the molecule is O=[N+]([O-])C=C1CCCCC1. The van der Waals surface area contributed by atoms with Crippen molar-refractivity contribution in [3.8, 4) is 0 Å². The summed E-state index contributed by atoms with van der Waals surface area (Å²) in [7, 11) is 0. The van der Waals surface area contributed by atoms with Crippen molar-refractivity contribution in [1.29, 1.82) is 0 Å². The first kappa shape index (κ1) is 7.25. The molecule has 0 atom stereocenters. The molecule has 0 heterocycles. The summed E-state index contributed by atoms with van der Waals surface area (Å²) in [4.78, 5) is 9.65. The molecule has 0 unspecified atom stereocenters. The third kappa shape index (κ3) is 2.17. The van der Waals surface area contributed by atoms with Crippen molar-refractivity contribution in [1.82, 2.24) is 0 Å². The van der Waals surface area contributed by atoms with Crippen LogP contribution in [0.4, 0.5) is 0 Å². The zero-order chi connectivity index (χ0) is 7.40. The zero-order valence-corrected chi connectivity index (χ0v) is 5.88. The minimum atomic E-state index is -0.347. The Morgan fingerprint density at radius 2 is 1.90 bits per heavy atom. The number of hydrogen-bond donors (Lipinski definition) is 0. The summed E-state index contributed by atoms with van der Waals surface area (Å²) >= 11 is 0. The second kappa shape index (κ2) is 3.34. The van der Waals surface area contributed by atoms with Crippen LogP contribution in [0.5, 0.6) is 0 Å². The highest BCUT2D eigenvalue weighted by molar-refractivity contribution is 4.99. The van der Waals surface area contributed by atoms with Crippen molar-refractivity contribution in [2.75, 3.05) is 0 Å². The van der Waals surface area contributed by atoms with Crippen molar-refractivity contribution in [2.24, 2.45) is 0 Å². The van der Waals surface area contributed by atoms with E-state index in [-0.39, 0.29) is 4.92 Å². The molecule has 0 aliphatic heterocycles. The molecule has 0 spiro atoms. The number of nitrogens with zero attached hydrogens (tertiary/aromatic N) is 1. The Bertz CT molecular complexity index is 155. The monoisotopic (exact) mass is 141 g/mol. The number of rotatable bonds is 1. The van der Waals surface area contributed by atoms with Crippen LogP contribution in [0.2, 0.25) is 0 Å². The fourth-order valence-electron chi connectivity index (χ4n) is 1.28. The van der Waals surface area contributed by atoms with Crippen molar-refractivity contribution in [3.05, 3.63) is 21.9 Å². The summed E-state index contributed by atoms with van der Waals surface area (Å²) < 4.78 is 0. The summed E-state index contributed by atoms with van der Waals surface area (Å²) in [6.07, 6.45) is 6.51. The van der Waals surface area contributed by atoms with Gasteiger partial charge in [-0.05, 0) is 31.3 Å². The molecule has 0 aromatic carbocycles. The van der Waals surface area contributed by atoms with Crippen LogP contribution in [-0.4, -0.2) is 4.92 Å². The van der Waals surface area contributed by atoms with E-state index in [1.807, 2.05) is 0 Å². The highest BCUT2D eigenvalue weighted by Gasteiger charge is 2.07. The van der Waals surface area contributed by atoms with E-state index in [4.69, 9.17) is 0 Å². The summed E-state index contributed by atoms with van der Waals surface area (Å²) in [6, 6.07) is 0. The Hall–Kier alpha value is -0.860. The third-order valence-electron chi connectivity index (χ3n) is 1.78. The van der Waals surface area contributed by atoms with Gasteiger partial charge in [0.25, 0.3) is 0 Å². The molecule has 0 bridgehead atoms. The molecule has 3 heteroatoms. The molecule has 0 saturated heterocycles. The lowest BCUT2D eigenvalue weighted by Crippen LogP contribution is -1.96. The summed E-state index contributed by atoms with van der Waals surface area (Å²) in [6.45, 7) is 0. The number of allylic oxidation sites excluding steroid dienone is 1. The Kier molecular flexibility index (Phi) is 2.42. The van der Waals surface area contributed by atoms with Crippen molar-refractivity contribution >= 4 is 0 Å². The normalized spacial score (nSPS) is 18.6. The first-order chi connectivity index (χ1) is 4.79. The molecule has 0 N–H and O–H groups in total. The van der Waals surface area contributed by atoms with Crippen LogP contribution in [0, 0.1) is 10.1 Å². The van der Waals surface area contributed by atoms with Crippen LogP contribution < -0.4 is 0 Å². The average molecular weight is 141 g/mol. The van der Waals surface area contributed by atoms with Gasteiger partial charge in [-0.1, -0.05) is 6.42 Å². The maximum atomic E-state index is 10.00. The van der Waals surface area contributed by atoms with E-state index in [2.05, 4.69) is 0 Å². The molecule has 1 fully saturated rings. The number of nitro groups is 1. The molecule has 1 aliphatic carbocycles. The topological polar surface area (TPSA) is 43.1 Å². The summed E-state index contributed by atoms with van der Waals surface area (Å²) in [5.74, 6) is 0. The summed E-state index contributed by atoms with van der Waals surface area (Å²) in [5, 5.41) is 10.00. The minimum absolute atomic E-state index is 0.347. The third-order valence-corrected chi connectivity index (χ3v) is 1.78. The van der Waals surface area contributed by atoms with E-state index in [1.165, 1.54) is 12.6 Å². The maximum absolute atomic E-state index is 10.00. The van der Waals surface area contributed by atoms with Gasteiger partial charge in [0.15, 0.2) is 0 Å². The van der Waals surface area contributed by atoms with Crippen molar-refractivity contribution in [3.63, 3.8) is 0 Å². The zero-order valence-electron chi connectivity index (χ0n) is 5.88. The first-order valence-corrected chi connectivity index (χ1v) is 3.62. The van der Waals surface area contributed by atoms with E-state index in [0.29, 0.717) is 0 Å². The second-order valence-electron chi connectivity index (χ2n) is 2.63. The van der Waals surface area contributed by atoms with E-state index < -0.39 is 0 Å². The summed E-state index contributed by atoms with van der Waals surface area (Å²) in [5.41, 5.74) is 1.01. The van der Waals surface area contributed by atoms with Gasteiger partial charge < -0.3 is 0 Å². The van der Waals surface area contributed by atoms with Crippen LogP contribution in [0.25, 0.3) is 0 Å². The van der Waals surface area contributed by atoms with Crippen LogP contribution >= 0.6 is 0 Å². The molecule has 0 aromatic rings. The molecule has 3 nitrogen and oxygen atoms in total. The van der Waals surface area contributed by atoms with Gasteiger partial charge in [0.05, 0.1) is 4.92 Å². The molecule has 56 valence electrons. The highest BCUT2D eigenvalue weighted by atomic mass is 16.6. The molecule has 1 aliphatic rings. The largest absolute Gasteiger partial charge is 0.259 e. The lowest BCUT2D eigenvalue weighted by Gasteiger charge is -2.09. The van der Waals surface area contributed by atoms with Gasteiger partial charge in [-0.15, -0.1) is 0 Å². The van der Waals surface area contributed by atoms with Crippen LogP contribution in [-0.2, 0) is 0 Å². The molecular formula is C7H11NO2. The molecule has 0 radical (unpaired) electrons. The predicted molar refractivity (Wildman–Crippen MR) is 38.2 cm³/mol. The van der Waals surface area contributed by atoms with Gasteiger partial charge in [-0.2, -0.15) is 0 Å². The van der Waals surface area contributed by atoms with E-state index in [1.54, 1.807) is 0 Å². The van der Waals surface area contributed by atoms with Crippen LogP contribution in [0.1, 0.15) is 32.1 Å². The fourth-order valence-corrected chi connectivity index (χ4v) is 1.28. The van der Waals surface area contributed by atoms with Gasteiger partial charge >= 0.3 is 0 Å². The smallest absolute Gasteiger partial charge is 0.233 e. The van der Waals surface area contributed by atoms with Gasteiger partial charge in [0.2, 0.25) is 6.20 Å². The fraction of sp³-hybridized carbons (Fsp3) is 0.714. The molecule has 0 amide bonds. The van der Waals surface area contributed by atoms with E-state index in [9.17, 15) is 10.1 Å². The van der Waals surface area contributed by atoms with Gasteiger partial charge in [0, 0.05) is 0 Å². The molecular weight excluding hydrogens is 130 g/mol. The first-order valence-electron chi connectivity index (χ1n) is 3.62. The van der Waals surface area contributed by atoms with E-state index >= 15 is 0 Å². The minimum Gasteiger partial charge on any atom is -0.259 e. The van der Waals surface area contributed by atoms with Gasteiger partial charge in [-0.25, -0.2) is 0 Å². The maximum Gasteiger partial charge on any atom is 0.233 e.